The second kappa shape index (κ2) is 6.81. The minimum absolute atomic E-state index is 0.0469. The van der Waals surface area contributed by atoms with Crippen molar-refractivity contribution in [2.45, 2.75) is 12.6 Å². The number of nitro benzene ring substituents is 1. The van der Waals surface area contributed by atoms with Crippen LogP contribution in [-0.2, 0) is 6.54 Å². The Balaban J connectivity index is 1.69. The topological polar surface area (TPSA) is 94.6 Å². The number of nitro groups is 1. The van der Waals surface area contributed by atoms with Gasteiger partial charge in [-0.25, -0.2) is 0 Å². The van der Waals surface area contributed by atoms with Crippen molar-refractivity contribution in [2.24, 2.45) is 0 Å². The summed E-state index contributed by atoms with van der Waals surface area (Å²) in [6, 6.07) is 9.51. The highest BCUT2D eigenvalue weighted by molar-refractivity contribution is 7.17. The summed E-state index contributed by atoms with van der Waals surface area (Å²) in [5.74, 6) is 0.0854. The third-order valence-corrected chi connectivity index (χ3v) is 4.38. The van der Waals surface area contributed by atoms with Gasteiger partial charge < -0.3 is 14.4 Å². The van der Waals surface area contributed by atoms with E-state index in [1.54, 1.807) is 18.3 Å². The number of pyridine rings is 1. The summed E-state index contributed by atoms with van der Waals surface area (Å²) in [7, 11) is 0. The average molecular weight is 346 g/mol. The Morgan fingerprint density at radius 3 is 2.88 bits per heavy atom. The fourth-order valence-corrected chi connectivity index (χ4v) is 3.12. The third-order valence-electron chi connectivity index (χ3n) is 3.49. The number of rotatable bonds is 6. The molecule has 0 aliphatic rings. The van der Waals surface area contributed by atoms with Crippen molar-refractivity contribution in [1.29, 1.82) is 0 Å². The van der Waals surface area contributed by atoms with Crippen molar-refractivity contribution in [1.82, 2.24) is 4.57 Å². The van der Waals surface area contributed by atoms with Gasteiger partial charge in [0, 0.05) is 17.0 Å². The number of aromatic nitrogens is 1. The van der Waals surface area contributed by atoms with E-state index in [9.17, 15) is 20.0 Å². The van der Waals surface area contributed by atoms with Gasteiger partial charge in [-0.05, 0) is 23.6 Å². The number of para-hydroxylation sites is 2. The van der Waals surface area contributed by atoms with Crippen molar-refractivity contribution >= 4 is 27.1 Å². The van der Waals surface area contributed by atoms with E-state index in [4.69, 9.17) is 4.74 Å². The van der Waals surface area contributed by atoms with Gasteiger partial charge >= 0.3 is 5.69 Å². The van der Waals surface area contributed by atoms with Gasteiger partial charge in [-0.3, -0.25) is 14.9 Å². The summed E-state index contributed by atoms with van der Waals surface area (Å²) in [4.78, 5) is 22.6. The first-order chi connectivity index (χ1) is 11.6. The number of benzene rings is 1. The van der Waals surface area contributed by atoms with Gasteiger partial charge in [-0.15, -0.1) is 11.3 Å². The van der Waals surface area contributed by atoms with Crippen molar-refractivity contribution in [3.05, 3.63) is 68.4 Å². The molecule has 0 unspecified atom stereocenters. The highest BCUT2D eigenvalue weighted by Gasteiger charge is 2.16. The highest BCUT2D eigenvalue weighted by Crippen LogP contribution is 2.25. The molecule has 124 valence electrons. The Bertz CT molecular complexity index is 933. The molecular weight excluding hydrogens is 332 g/mol. The molecule has 0 saturated carbocycles. The number of thiophene rings is 1. The first-order valence-corrected chi connectivity index (χ1v) is 8.05. The molecule has 8 heteroatoms. The number of fused-ring (bicyclic) bond motifs is 1. The molecule has 0 aliphatic heterocycles. The number of hydrogen-bond acceptors (Lipinski definition) is 6. The molecule has 0 spiro atoms. The largest absolute Gasteiger partial charge is 0.484 e. The number of aliphatic hydroxyl groups excluding tert-OH is 1. The van der Waals surface area contributed by atoms with Crippen LogP contribution in [0.25, 0.3) is 10.1 Å². The summed E-state index contributed by atoms with van der Waals surface area (Å²) in [6.07, 6.45) is 0.647. The van der Waals surface area contributed by atoms with Gasteiger partial charge in [0.1, 0.15) is 12.7 Å². The van der Waals surface area contributed by atoms with Crippen LogP contribution in [0.5, 0.6) is 5.75 Å². The maximum absolute atomic E-state index is 12.3. The van der Waals surface area contributed by atoms with E-state index in [0.717, 1.165) is 4.70 Å². The summed E-state index contributed by atoms with van der Waals surface area (Å²) < 4.78 is 7.64. The van der Waals surface area contributed by atoms with E-state index >= 15 is 0 Å². The SMILES string of the molecule is O=c1c2ccsc2ccn1C[C@@H](O)COc1ccccc1[N+](=O)[O-]. The molecule has 1 aromatic carbocycles. The zero-order valence-electron chi connectivity index (χ0n) is 12.5. The molecule has 2 heterocycles. The molecule has 0 bridgehead atoms. The second-order valence-corrected chi connectivity index (χ2v) is 6.11. The van der Waals surface area contributed by atoms with Crippen LogP contribution in [0.1, 0.15) is 0 Å². The first kappa shape index (κ1) is 16.2. The molecule has 0 fully saturated rings. The van der Waals surface area contributed by atoms with Gasteiger partial charge in [-0.2, -0.15) is 0 Å². The molecule has 0 aliphatic carbocycles. The molecule has 24 heavy (non-hydrogen) atoms. The highest BCUT2D eigenvalue weighted by atomic mass is 32.1. The summed E-state index contributed by atoms with van der Waals surface area (Å²) in [5.41, 5.74) is -0.347. The quantitative estimate of drug-likeness (QED) is 0.546. The van der Waals surface area contributed by atoms with Crippen LogP contribution in [0, 0.1) is 10.1 Å². The zero-order chi connectivity index (χ0) is 17.1. The molecule has 1 N–H and O–H groups in total. The van der Waals surface area contributed by atoms with Gasteiger partial charge in [0.2, 0.25) is 0 Å². The molecule has 1 atom stereocenters. The van der Waals surface area contributed by atoms with Crippen LogP contribution in [0.2, 0.25) is 0 Å². The molecular formula is C16H14N2O5S. The number of aliphatic hydroxyl groups is 1. The van der Waals surface area contributed by atoms with Crippen molar-refractivity contribution in [3.63, 3.8) is 0 Å². The predicted molar refractivity (Wildman–Crippen MR) is 90.7 cm³/mol. The fraction of sp³-hybridized carbons (Fsp3) is 0.188. The Morgan fingerprint density at radius 1 is 1.29 bits per heavy atom. The number of nitrogens with zero attached hydrogens (tertiary/aromatic N) is 2. The first-order valence-electron chi connectivity index (χ1n) is 7.17. The average Bonchev–Trinajstić information content (AvgIpc) is 3.05. The van der Waals surface area contributed by atoms with Gasteiger partial charge in [0.05, 0.1) is 16.9 Å². The molecule has 3 rings (SSSR count). The second-order valence-electron chi connectivity index (χ2n) is 5.16. The van der Waals surface area contributed by atoms with E-state index < -0.39 is 11.0 Å². The van der Waals surface area contributed by atoms with Crippen molar-refractivity contribution in [3.8, 4) is 5.75 Å². The monoisotopic (exact) mass is 346 g/mol. The van der Waals surface area contributed by atoms with E-state index in [2.05, 4.69) is 0 Å². The Labute approximate surface area is 140 Å². The molecule has 0 radical (unpaired) electrons. The third kappa shape index (κ3) is 3.29. The van der Waals surface area contributed by atoms with Crippen molar-refractivity contribution in [2.75, 3.05) is 6.61 Å². The van der Waals surface area contributed by atoms with Crippen LogP contribution in [0.3, 0.4) is 0 Å². The van der Waals surface area contributed by atoms with Crippen LogP contribution in [0.15, 0.2) is 52.8 Å². The number of ether oxygens (including phenoxy) is 1. The Kier molecular flexibility index (Phi) is 4.59. The van der Waals surface area contributed by atoms with Crippen LogP contribution < -0.4 is 10.3 Å². The summed E-state index contributed by atoms with van der Waals surface area (Å²) >= 11 is 1.48. The molecule has 0 saturated heterocycles. The van der Waals surface area contributed by atoms with Gasteiger partial charge in [0.25, 0.3) is 5.56 Å². The smallest absolute Gasteiger partial charge is 0.310 e. The molecule has 3 aromatic rings. The van der Waals surface area contributed by atoms with Crippen LogP contribution >= 0.6 is 11.3 Å². The van der Waals surface area contributed by atoms with Gasteiger partial charge in [-0.1, -0.05) is 12.1 Å². The maximum Gasteiger partial charge on any atom is 0.310 e. The maximum atomic E-state index is 12.3. The van der Waals surface area contributed by atoms with E-state index in [1.807, 2.05) is 11.4 Å². The van der Waals surface area contributed by atoms with Crippen molar-refractivity contribution < 1.29 is 14.8 Å². The summed E-state index contributed by atoms with van der Waals surface area (Å²) in [5, 5.41) is 23.5. The fourth-order valence-electron chi connectivity index (χ4n) is 2.35. The predicted octanol–water partition coefficient (Wildman–Crippen LogP) is 2.41. The van der Waals surface area contributed by atoms with Crippen LogP contribution in [-0.4, -0.2) is 27.3 Å². The Hall–Kier alpha value is -2.71. The normalized spacial score (nSPS) is 12.2. The van der Waals surface area contributed by atoms with Gasteiger partial charge in [0.15, 0.2) is 5.75 Å². The molecule has 0 amide bonds. The minimum atomic E-state index is -0.974. The Morgan fingerprint density at radius 2 is 2.08 bits per heavy atom. The van der Waals surface area contributed by atoms with Crippen LogP contribution in [0.4, 0.5) is 5.69 Å². The van der Waals surface area contributed by atoms with E-state index in [0.29, 0.717) is 5.39 Å². The standard InChI is InChI=1S/C16H14N2O5S/c19-11(10-23-14-4-2-1-3-13(14)18(21)22)9-17-7-5-15-12(16(17)20)6-8-24-15/h1-8,11,19H,9-10H2/t11-/m1/s1. The zero-order valence-corrected chi connectivity index (χ0v) is 13.3. The lowest BCUT2D eigenvalue weighted by Crippen LogP contribution is -2.29. The molecule has 2 aromatic heterocycles. The number of hydrogen-bond donors (Lipinski definition) is 1. The lowest BCUT2D eigenvalue weighted by atomic mass is 10.3. The molecule has 7 nitrogen and oxygen atoms in total. The lowest BCUT2D eigenvalue weighted by molar-refractivity contribution is -0.385. The summed E-state index contributed by atoms with van der Waals surface area (Å²) in [6.45, 7) is -0.107. The minimum Gasteiger partial charge on any atom is -0.484 e. The van der Waals surface area contributed by atoms with E-state index in [-0.39, 0.29) is 30.1 Å². The van der Waals surface area contributed by atoms with E-state index in [1.165, 1.54) is 34.1 Å². The lowest BCUT2D eigenvalue weighted by Gasteiger charge is -2.14.